The minimum Gasteiger partial charge on any atom is -0.481 e. The maximum Gasteiger partial charge on any atom is 0.305 e. The van der Waals surface area contributed by atoms with Crippen molar-refractivity contribution in [2.45, 2.75) is 51.2 Å². The van der Waals surface area contributed by atoms with E-state index in [9.17, 15) is 28.8 Å². The molecule has 0 bridgehead atoms. The monoisotopic (exact) mass is 421 g/mol. The van der Waals surface area contributed by atoms with Crippen molar-refractivity contribution in [3.63, 3.8) is 0 Å². The number of ketones is 2. The molecule has 0 aromatic carbocycles. The van der Waals surface area contributed by atoms with Crippen LogP contribution in [0.3, 0.4) is 0 Å². The third-order valence-electron chi connectivity index (χ3n) is 3.66. The summed E-state index contributed by atoms with van der Waals surface area (Å²) in [4.78, 5) is 69.4. The normalized spacial score (nSPS) is 13.9. The molecule has 0 radical (unpaired) electrons. The summed E-state index contributed by atoms with van der Waals surface area (Å²) in [5.41, 5.74) is 5.59. The Morgan fingerprint density at radius 1 is 0.964 bits per heavy atom. The summed E-state index contributed by atoms with van der Waals surface area (Å²) in [7, 11) is 0. The molecule has 0 aromatic heterocycles. The van der Waals surface area contributed by atoms with Gasteiger partial charge in [-0.25, -0.2) is 0 Å². The maximum atomic E-state index is 12.5. The van der Waals surface area contributed by atoms with Gasteiger partial charge >= 0.3 is 11.9 Å². The second-order valence-electron chi connectivity index (χ2n) is 6.35. The van der Waals surface area contributed by atoms with Crippen LogP contribution in [0.15, 0.2) is 0 Å². The Balaban J connectivity index is 5.22. The molecule has 11 nitrogen and oxygen atoms in total. The van der Waals surface area contributed by atoms with E-state index in [0.29, 0.717) is 0 Å². The molecule has 0 aliphatic rings. The van der Waals surface area contributed by atoms with Crippen molar-refractivity contribution in [3.8, 4) is 0 Å². The predicted molar refractivity (Wildman–Crippen MR) is 96.5 cm³/mol. The lowest BCUT2D eigenvalue weighted by Crippen LogP contribution is -2.57. The number of aliphatic carboxylic acids is 2. The number of hydrogen-bond donors (Lipinski definition) is 5. The molecule has 0 rings (SSSR count). The van der Waals surface area contributed by atoms with E-state index in [2.05, 4.69) is 10.6 Å². The minimum absolute atomic E-state index is 0.155. The summed E-state index contributed by atoms with van der Waals surface area (Å²) in [6, 6.07) is -4.02. The van der Waals surface area contributed by atoms with Crippen molar-refractivity contribution >= 4 is 46.9 Å². The number of rotatable bonds is 13. The van der Waals surface area contributed by atoms with Crippen LogP contribution >= 0.6 is 11.6 Å². The molecule has 0 fully saturated rings. The van der Waals surface area contributed by atoms with Gasteiger partial charge in [0.15, 0.2) is 0 Å². The van der Waals surface area contributed by atoms with E-state index >= 15 is 0 Å². The number of nitrogens with two attached hydrogens (primary N) is 1. The molecule has 3 atom stereocenters. The molecule has 0 aromatic rings. The number of carboxylic acid groups (broad SMARTS) is 2. The van der Waals surface area contributed by atoms with E-state index in [0.717, 1.165) is 0 Å². The van der Waals surface area contributed by atoms with Crippen molar-refractivity contribution in [1.82, 2.24) is 10.6 Å². The van der Waals surface area contributed by atoms with Crippen molar-refractivity contribution in [1.29, 1.82) is 0 Å². The molecule has 12 heteroatoms. The first kappa shape index (κ1) is 25.5. The third kappa shape index (κ3) is 8.91. The summed E-state index contributed by atoms with van der Waals surface area (Å²) in [5.74, 6) is -7.63. The van der Waals surface area contributed by atoms with Crippen LogP contribution in [0.2, 0.25) is 0 Å². The number of Topliss-reactive ketones (excluding diaryl/α,β-unsaturated/α-hetero) is 2. The zero-order valence-corrected chi connectivity index (χ0v) is 16.2. The number of halogens is 1. The van der Waals surface area contributed by atoms with Crippen LogP contribution < -0.4 is 16.4 Å². The molecule has 28 heavy (non-hydrogen) atoms. The van der Waals surface area contributed by atoms with Gasteiger partial charge in [0.25, 0.3) is 0 Å². The predicted octanol–water partition coefficient (Wildman–Crippen LogP) is -1.34. The van der Waals surface area contributed by atoms with Gasteiger partial charge in [-0.05, 0) is 12.3 Å². The van der Waals surface area contributed by atoms with Crippen LogP contribution in [0, 0.1) is 5.92 Å². The molecular weight excluding hydrogens is 398 g/mol. The maximum absolute atomic E-state index is 12.5. The Labute approximate surface area is 166 Å². The topological polar surface area (TPSA) is 193 Å². The smallest absolute Gasteiger partial charge is 0.305 e. The first-order valence-corrected chi connectivity index (χ1v) is 8.87. The van der Waals surface area contributed by atoms with Gasteiger partial charge in [-0.3, -0.25) is 28.8 Å². The number of hydrogen-bond acceptors (Lipinski definition) is 7. The molecule has 158 valence electrons. The van der Waals surface area contributed by atoms with E-state index < -0.39 is 71.7 Å². The highest BCUT2D eigenvalue weighted by Crippen LogP contribution is 2.06. The number of alkyl halides is 1. The highest BCUT2D eigenvalue weighted by molar-refractivity contribution is 6.48. The number of nitrogens with one attached hydrogen (secondary N) is 2. The molecule has 2 amide bonds. The highest BCUT2D eigenvalue weighted by Gasteiger charge is 2.33. The third-order valence-corrected chi connectivity index (χ3v) is 3.90. The first-order valence-electron chi connectivity index (χ1n) is 8.33. The highest BCUT2D eigenvalue weighted by atomic mass is 35.5. The molecule has 0 unspecified atom stereocenters. The second kappa shape index (κ2) is 12.0. The van der Waals surface area contributed by atoms with Gasteiger partial charge in [-0.1, -0.05) is 13.8 Å². The van der Waals surface area contributed by atoms with Crippen molar-refractivity contribution in [3.05, 3.63) is 0 Å². The largest absolute Gasteiger partial charge is 0.481 e. The molecule has 0 saturated heterocycles. The molecule has 0 saturated carbocycles. The van der Waals surface area contributed by atoms with Gasteiger partial charge in [-0.15, -0.1) is 11.6 Å². The molecule has 0 aliphatic heterocycles. The van der Waals surface area contributed by atoms with Crippen LogP contribution in [0.25, 0.3) is 0 Å². The minimum atomic E-state index is -1.64. The van der Waals surface area contributed by atoms with Crippen molar-refractivity contribution in [2.75, 3.05) is 5.88 Å². The average Bonchev–Trinajstić information content (AvgIpc) is 2.60. The summed E-state index contributed by atoms with van der Waals surface area (Å²) >= 11 is 5.29. The fourth-order valence-corrected chi connectivity index (χ4v) is 2.24. The van der Waals surface area contributed by atoms with Crippen molar-refractivity contribution < 1.29 is 39.0 Å². The van der Waals surface area contributed by atoms with Gasteiger partial charge in [0.05, 0.1) is 18.3 Å². The van der Waals surface area contributed by atoms with E-state index in [-0.39, 0.29) is 12.8 Å². The van der Waals surface area contributed by atoms with Crippen LogP contribution in [-0.2, 0) is 28.8 Å². The molecular formula is C16H24ClN3O8. The number of amides is 2. The number of carboxylic acids is 2. The lowest BCUT2D eigenvalue weighted by molar-refractivity contribution is -0.143. The Morgan fingerprint density at radius 3 is 1.96 bits per heavy atom. The summed E-state index contributed by atoms with van der Waals surface area (Å²) in [6.07, 6.45) is -1.34. The summed E-state index contributed by atoms with van der Waals surface area (Å²) < 4.78 is 0. The van der Waals surface area contributed by atoms with Gasteiger partial charge < -0.3 is 26.6 Å². The SMILES string of the molecule is CC(C)[C@H](NC(=O)[C@@H](N)CCC(=O)O)C(=O)N[C@@H](CC(=O)O)C(=O)C(=O)CCl. The van der Waals surface area contributed by atoms with E-state index in [1.165, 1.54) is 0 Å². The van der Waals surface area contributed by atoms with Crippen LogP contribution in [0.5, 0.6) is 0 Å². The number of carbonyl (C=O) groups excluding carboxylic acids is 4. The molecule has 0 aliphatic carbocycles. The van der Waals surface area contributed by atoms with E-state index in [1.807, 2.05) is 0 Å². The average molecular weight is 422 g/mol. The lowest BCUT2D eigenvalue weighted by atomic mass is 10.00. The standard InChI is InChI=1S/C16H24ClN3O8/c1-7(2)13(20-15(27)8(18)3-4-11(22)23)16(28)19-9(5-12(24)25)14(26)10(21)6-17/h7-9,13H,3-6,18H2,1-2H3,(H,19,28)(H,20,27)(H,22,23)(H,24,25)/t8-,9-,13-/m0/s1. The zero-order valence-electron chi connectivity index (χ0n) is 15.4. The molecule has 6 N–H and O–H groups in total. The van der Waals surface area contributed by atoms with Gasteiger partial charge in [-0.2, -0.15) is 0 Å². The Kier molecular flexibility index (Phi) is 10.9. The van der Waals surface area contributed by atoms with E-state index in [4.69, 9.17) is 27.5 Å². The van der Waals surface area contributed by atoms with Crippen molar-refractivity contribution in [2.24, 2.45) is 11.7 Å². The van der Waals surface area contributed by atoms with Crippen LogP contribution in [0.4, 0.5) is 0 Å². The van der Waals surface area contributed by atoms with Crippen LogP contribution in [-0.4, -0.2) is 69.5 Å². The van der Waals surface area contributed by atoms with Gasteiger partial charge in [0.1, 0.15) is 12.1 Å². The Hall–Kier alpha value is -2.53. The van der Waals surface area contributed by atoms with Crippen LogP contribution in [0.1, 0.15) is 33.1 Å². The molecule has 0 heterocycles. The Morgan fingerprint density at radius 2 is 1.54 bits per heavy atom. The fourth-order valence-electron chi connectivity index (χ4n) is 2.11. The quantitative estimate of drug-likeness (QED) is 0.176. The van der Waals surface area contributed by atoms with Gasteiger partial charge in [0, 0.05) is 6.42 Å². The lowest BCUT2D eigenvalue weighted by Gasteiger charge is -2.25. The first-order chi connectivity index (χ1) is 12.9. The zero-order chi connectivity index (χ0) is 22.0. The fraction of sp³-hybridized carbons (Fsp3) is 0.625. The Bertz CT molecular complexity index is 637. The summed E-state index contributed by atoms with van der Waals surface area (Å²) in [5, 5.41) is 22.0. The van der Waals surface area contributed by atoms with Gasteiger partial charge in [0.2, 0.25) is 23.4 Å². The summed E-state index contributed by atoms with van der Waals surface area (Å²) in [6.45, 7) is 3.15. The van der Waals surface area contributed by atoms with E-state index in [1.54, 1.807) is 13.8 Å². The number of carbonyl (C=O) groups is 6. The second-order valence-corrected chi connectivity index (χ2v) is 6.62. The molecule has 0 spiro atoms.